The molecule has 0 aromatic heterocycles. The summed E-state index contributed by atoms with van der Waals surface area (Å²) >= 11 is 5.91. The maximum atomic E-state index is 11.0. The molecule has 1 heterocycles. The number of methoxy groups -OCH3 is 1. The molecule has 0 bridgehead atoms. The Kier molecular flexibility index (Phi) is 2.75. The smallest absolute Gasteiger partial charge is 0.280 e. The molecule has 1 aliphatic heterocycles. The first-order valence-electron chi connectivity index (χ1n) is 5.21. The third-order valence-electron chi connectivity index (χ3n) is 3.21. The van der Waals surface area contributed by atoms with Gasteiger partial charge in [0.05, 0.1) is 36.7 Å². The number of nitrogens with zero attached hydrogens (tertiary/aromatic N) is 2. The van der Waals surface area contributed by atoms with Crippen LogP contribution in [0.25, 0.3) is 0 Å². The lowest BCUT2D eigenvalue weighted by atomic mass is 10.1. The molecule has 1 aliphatic rings. The monoisotopic (exact) mass is 257 g/mol. The summed E-state index contributed by atoms with van der Waals surface area (Å²) in [5.41, 5.74) is 0.769. The number of ether oxygens (including phenoxy) is 1. The second-order valence-corrected chi connectivity index (χ2v) is 5.19. The van der Waals surface area contributed by atoms with E-state index in [1.165, 1.54) is 13.2 Å². The average Bonchev–Trinajstić information content (AvgIpc) is 2.87. The van der Waals surface area contributed by atoms with E-state index in [9.17, 15) is 10.1 Å². The fourth-order valence-electron chi connectivity index (χ4n) is 2.01. The van der Waals surface area contributed by atoms with Crippen molar-refractivity contribution in [1.82, 2.24) is 0 Å². The molecule has 1 saturated heterocycles. The van der Waals surface area contributed by atoms with E-state index in [4.69, 9.17) is 16.3 Å². The van der Waals surface area contributed by atoms with Gasteiger partial charge in [0, 0.05) is 6.07 Å². The van der Waals surface area contributed by atoms with Crippen LogP contribution >= 0.6 is 11.6 Å². The van der Waals surface area contributed by atoms with Crippen molar-refractivity contribution in [2.45, 2.75) is 6.04 Å². The molecule has 0 aliphatic carbocycles. The molecule has 1 aromatic rings. The summed E-state index contributed by atoms with van der Waals surface area (Å²) in [4.78, 5) is 10.6. The zero-order chi connectivity index (χ0) is 12.8. The molecule has 0 saturated carbocycles. The molecule has 0 radical (unpaired) electrons. The highest BCUT2D eigenvalue weighted by Gasteiger charge is 2.51. The largest absolute Gasteiger partial charge is 0.495 e. The third-order valence-corrected chi connectivity index (χ3v) is 3.51. The maximum absolute atomic E-state index is 11.0. The van der Waals surface area contributed by atoms with Crippen LogP contribution in [0.15, 0.2) is 12.1 Å². The van der Waals surface area contributed by atoms with Crippen LogP contribution < -0.4 is 4.74 Å². The molecular weight excluding hydrogens is 244 g/mol. The van der Waals surface area contributed by atoms with E-state index in [-0.39, 0.29) is 21.7 Å². The van der Waals surface area contributed by atoms with Gasteiger partial charge in [0.1, 0.15) is 12.3 Å². The predicted molar refractivity (Wildman–Crippen MR) is 64.4 cm³/mol. The molecule has 1 aromatic carbocycles. The molecule has 1 fully saturated rings. The number of likely N-dealkylation sites (N-methyl/N-ethyl adjacent to an activating group) is 1. The van der Waals surface area contributed by atoms with Gasteiger partial charge in [-0.1, -0.05) is 11.6 Å². The summed E-state index contributed by atoms with van der Waals surface area (Å²) in [6.45, 7) is 0.894. The highest BCUT2D eigenvalue weighted by molar-refractivity contribution is 6.32. The summed E-state index contributed by atoms with van der Waals surface area (Å²) in [6.07, 6.45) is 0. The molecule has 1 unspecified atom stereocenters. The number of hydrogen-bond donors (Lipinski definition) is 0. The topological polar surface area (TPSA) is 52.4 Å². The van der Waals surface area contributed by atoms with Crippen molar-refractivity contribution in [2.24, 2.45) is 0 Å². The Hall–Kier alpha value is -1.33. The highest BCUT2D eigenvalue weighted by Crippen LogP contribution is 2.46. The average molecular weight is 258 g/mol. The highest BCUT2D eigenvalue weighted by atomic mass is 35.5. The van der Waals surface area contributed by atoms with Crippen molar-refractivity contribution < 1.29 is 14.1 Å². The minimum atomic E-state index is -0.390. The molecular formula is C11H14ClN2O3+. The van der Waals surface area contributed by atoms with Crippen molar-refractivity contribution in [2.75, 3.05) is 27.7 Å². The number of rotatable bonds is 3. The summed E-state index contributed by atoms with van der Waals surface area (Å²) < 4.78 is 5.86. The van der Waals surface area contributed by atoms with Gasteiger partial charge in [-0.3, -0.25) is 10.1 Å². The summed E-state index contributed by atoms with van der Waals surface area (Å²) in [7, 11) is 5.58. The summed E-state index contributed by atoms with van der Waals surface area (Å²) in [5.74, 6) is 0.485. The third kappa shape index (κ3) is 2.08. The van der Waals surface area contributed by atoms with Gasteiger partial charge >= 0.3 is 0 Å². The molecule has 92 valence electrons. The van der Waals surface area contributed by atoms with Gasteiger partial charge in [-0.15, -0.1) is 0 Å². The molecule has 0 spiro atoms. The van der Waals surface area contributed by atoms with E-state index in [1.807, 2.05) is 14.1 Å². The second-order valence-electron chi connectivity index (χ2n) is 4.78. The first-order valence-corrected chi connectivity index (χ1v) is 5.59. The van der Waals surface area contributed by atoms with Gasteiger partial charge < -0.3 is 9.22 Å². The van der Waals surface area contributed by atoms with Crippen molar-refractivity contribution in [3.05, 3.63) is 32.8 Å². The lowest BCUT2D eigenvalue weighted by Crippen LogP contribution is -2.13. The number of quaternary nitrogens is 1. The molecule has 17 heavy (non-hydrogen) atoms. The lowest BCUT2D eigenvalue weighted by Gasteiger charge is -2.09. The fourth-order valence-corrected chi connectivity index (χ4v) is 2.25. The normalized spacial score (nSPS) is 21.1. The standard InChI is InChI=1S/C11H14ClN2O3/c1-14(2)6-10(14)7-4-11(17-3)8(12)5-9(7)13(15)16/h4-5,10H,6H2,1-3H3/q+1. The number of hydrogen-bond acceptors (Lipinski definition) is 3. The molecule has 6 heteroatoms. The van der Waals surface area contributed by atoms with Crippen LogP contribution in [0.5, 0.6) is 5.75 Å². The van der Waals surface area contributed by atoms with Gasteiger partial charge in [-0.05, 0) is 6.07 Å². The second kappa shape index (κ2) is 3.85. The van der Waals surface area contributed by atoms with Gasteiger partial charge in [-0.2, -0.15) is 0 Å². The molecule has 1 atom stereocenters. The summed E-state index contributed by atoms with van der Waals surface area (Å²) in [6, 6.07) is 3.20. The molecule has 2 rings (SSSR count). The minimum Gasteiger partial charge on any atom is -0.495 e. The number of benzene rings is 1. The Balaban J connectivity index is 2.52. The first-order chi connectivity index (χ1) is 7.86. The van der Waals surface area contributed by atoms with Gasteiger partial charge in [0.25, 0.3) is 5.69 Å². The Morgan fingerprint density at radius 1 is 1.53 bits per heavy atom. The van der Waals surface area contributed by atoms with E-state index in [2.05, 4.69) is 0 Å². The Labute approximate surface area is 104 Å². The number of halogens is 1. The maximum Gasteiger partial charge on any atom is 0.280 e. The lowest BCUT2D eigenvalue weighted by molar-refractivity contribution is -0.772. The fraction of sp³-hybridized carbons (Fsp3) is 0.455. The van der Waals surface area contributed by atoms with E-state index >= 15 is 0 Å². The van der Waals surface area contributed by atoms with Crippen LogP contribution in [0.4, 0.5) is 5.69 Å². The quantitative estimate of drug-likeness (QED) is 0.362. The number of nitro benzene ring substituents is 1. The Bertz CT molecular complexity index is 488. The Morgan fingerprint density at radius 2 is 2.12 bits per heavy atom. The van der Waals surface area contributed by atoms with Crippen molar-refractivity contribution >= 4 is 17.3 Å². The zero-order valence-corrected chi connectivity index (χ0v) is 10.7. The summed E-state index contributed by atoms with van der Waals surface area (Å²) in [5, 5.41) is 11.3. The van der Waals surface area contributed by atoms with E-state index < -0.39 is 0 Å². The van der Waals surface area contributed by atoms with Crippen LogP contribution in [-0.4, -0.2) is 37.2 Å². The van der Waals surface area contributed by atoms with E-state index in [0.717, 1.165) is 11.0 Å². The minimum absolute atomic E-state index is 0.0736. The van der Waals surface area contributed by atoms with Gasteiger partial charge in [-0.25, -0.2) is 0 Å². The predicted octanol–water partition coefficient (Wildman–Crippen LogP) is 2.39. The molecule has 0 N–H and O–H groups in total. The SMILES string of the molecule is COc1cc(C2C[N+]2(C)C)c([N+](=O)[O-])cc1Cl. The van der Waals surface area contributed by atoms with E-state index in [1.54, 1.807) is 6.07 Å². The van der Waals surface area contributed by atoms with Crippen LogP contribution in [0.1, 0.15) is 11.6 Å². The van der Waals surface area contributed by atoms with Crippen LogP contribution in [0.3, 0.4) is 0 Å². The van der Waals surface area contributed by atoms with Gasteiger partial charge in [0.15, 0.2) is 6.04 Å². The van der Waals surface area contributed by atoms with Crippen molar-refractivity contribution in [1.29, 1.82) is 0 Å². The van der Waals surface area contributed by atoms with Gasteiger partial charge in [0.2, 0.25) is 0 Å². The van der Waals surface area contributed by atoms with Crippen molar-refractivity contribution in [3.8, 4) is 5.75 Å². The van der Waals surface area contributed by atoms with Crippen molar-refractivity contribution in [3.63, 3.8) is 0 Å². The van der Waals surface area contributed by atoms with Crippen LogP contribution in [0, 0.1) is 10.1 Å². The molecule has 0 amide bonds. The number of nitro groups is 1. The van der Waals surface area contributed by atoms with Crippen LogP contribution in [0.2, 0.25) is 5.02 Å². The Morgan fingerprint density at radius 3 is 2.53 bits per heavy atom. The first kappa shape index (κ1) is 12.1. The van der Waals surface area contributed by atoms with Crippen LogP contribution in [-0.2, 0) is 0 Å². The van der Waals surface area contributed by atoms with E-state index in [0.29, 0.717) is 11.3 Å². The zero-order valence-electron chi connectivity index (χ0n) is 9.94. The molecule has 5 nitrogen and oxygen atoms in total.